The highest BCUT2D eigenvalue weighted by molar-refractivity contribution is 5.66. The molecule has 0 amide bonds. The molecule has 0 saturated heterocycles. The number of benzene rings is 1. The van der Waals surface area contributed by atoms with Gasteiger partial charge < -0.3 is 5.11 Å². The Balaban J connectivity index is 2.08. The van der Waals surface area contributed by atoms with Gasteiger partial charge in [-0.2, -0.15) is 0 Å². The number of hydrogen-bond acceptors (Lipinski definition) is 3. The van der Waals surface area contributed by atoms with Crippen molar-refractivity contribution < 1.29 is 14.3 Å². The number of halogens is 1. The minimum atomic E-state index is -0.858. The summed E-state index contributed by atoms with van der Waals surface area (Å²) in [5.74, 6) is -1.13. The highest BCUT2D eigenvalue weighted by Gasteiger charge is 2.11. The third-order valence-electron chi connectivity index (χ3n) is 3.15. The third kappa shape index (κ3) is 4.96. The standard InChI is InChI=1S/C16H17FN2O2/c17-15-4-2-1-3-14(15)12-19(10-7-16(20)21)11-13-5-8-18-9-6-13/h1-6,8-9H,7,10-12H2,(H,20,21). The van der Waals surface area contributed by atoms with E-state index in [-0.39, 0.29) is 12.2 Å². The normalized spacial score (nSPS) is 10.8. The fourth-order valence-electron chi connectivity index (χ4n) is 2.08. The van der Waals surface area contributed by atoms with Crippen molar-refractivity contribution in [1.29, 1.82) is 0 Å². The zero-order chi connectivity index (χ0) is 15.1. The second-order valence-corrected chi connectivity index (χ2v) is 4.80. The van der Waals surface area contributed by atoms with Crippen molar-refractivity contribution in [2.45, 2.75) is 19.5 Å². The molecule has 1 heterocycles. The van der Waals surface area contributed by atoms with Crippen LogP contribution in [-0.4, -0.2) is 27.5 Å². The summed E-state index contributed by atoms with van der Waals surface area (Å²) >= 11 is 0. The summed E-state index contributed by atoms with van der Waals surface area (Å²) in [6.45, 7) is 1.30. The molecule has 0 aliphatic carbocycles. The SMILES string of the molecule is O=C(O)CCN(Cc1ccncc1)Cc1ccccc1F. The molecule has 110 valence electrons. The van der Waals surface area contributed by atoms with E-state index < -0.39 is 5.97 Å². The van der Waals surface area contributed by atoms with E-state index in [0.717, 1.165) is 5.56 Å². The Morgan fingerprint density at radius 3 is 2.52 bits per heavy atom. The Bertz CT molecular complexity index is 590. The van der Waals surface area contributed by atoms with Crippen LogP contribution in [0.5, 0.6) is 0 Å². The van der Waals surface area contributed by atoms with E-state index in [1.165, 1.54) is 6.07 Å². The number of carboxylic acids is 1. The van der Waals surface area contributed by atoms with Crippen molar-refractivity contribution in [2.75, 3.05) is 6.54 Å². The first-order chi connectivity index (χ1) is 10.1. The Kier molecular flexibility index (Phi) is 5.40. The maximum absolute atomic E-state index is 13.7. The maximum Gasteiger partial charge on any atom is 0.304 e. The van der Waals surface area contributed by atoms with Gasteiger partial charge in [0.2, 0.25) is 0 Å². The fraction of sp³-hybridized carbons (Fsp3) is 0.250. The van der Waals surface area contributed by atoms with Gasteiger partial charge >= 0.3 is 5.97 Å². The van der Waals surface area contributed by atoms with Gasteiger partial charge in [-0.1, -0.05) is 18.2 Å². The molecule has 21 heavy (non-hydrogen) atoms. The predicted molar refractivity (Wildman–Crippen MR) is 77.0 cm³/mol. The summed E-state index contributed by atoms with van der Waals surface area (Å²) in [6, 6.07) is 10.3. The number of carboxylic acid groups (broad SMARTS) is 1. The average molecular weight is 288 g/mol. The molecule has 1 aromatic carbocycles. The highest BCUT2D eigenvalue weighted by Crippen LogP contribution is 2.13. The van der Waals surface area contributed by atoms with Crippen LogP contribution in [0.1, 0.15) is 17.5 Å². The summed E-state index contributed by atoms with van der Waals surface area (Å²) in [4.78, 5) is 16.6. The molecule has 0 aliphatic heterocycles. The largest absolute Gasteiger partial charge is 0.481 e. The van der Waals surface area contributed by atoms with Crippen LogP contribution >= 0.6 is 0 Å². The average Bonchev–Trinajstić information content (AvgIpc) is 2.48. The first-order valence-corrected chi connectivity index (χ1v) is 6.71. The third-order valence-corrected chi connectivity index (χ3v) is 3.15. The van der Waals surface area contributed by atoms with Crippen LogP contribution in [0.25, 0.3) is 0 Å². The number of aliphatic carboxylic acids is 1. The van der Waals surface area contributed by atoms with E-state index in [9.17, 15) is 9.18 Å². The van der Waals surface area contributed by atoms with Crippen LogP contribution in [0, 0.1) is 5.82 Å². The zero-order valence-corrected chi connectivity index (χ0v) is 11.6. The van der Waals surface area contributed by atoms with Crippen LogP contribution in [0.2, 0.25) is 0 Å². The van der Waals surface area contributed by atoms with E-state index >= 15 is 0 Å². The molecule has 0 fully saturated rings. The predicted octanol–water partition coefficient (Wildman–Crippen LogP) is 2.70. The molecule has 0 radical (unpaired) electrons. The van der Waals surface area contributed by atoms with Crippen LogP contribution in [0.15, 0.2) is 48.8 Å². The van der Waals surface area contributed by atoms with Gasteiger partial charge in [0.05, 0.1) is 6.42 Å². The van der Waals surface area contributed by atoms with Gasteiger partial charge in [-0.3, -0.25) is 14.7 Å². The van der Waals surface area contributed by atoms with E-state index in [2.05, 4.69) is 4.98 Å². The maximum atomic E-state index is 13.7. The van der Waals surface area contributed by atoms with Crippen molar-refractivity contribution in [3.8, 4) is 0 Å². The molecular formula is C16H17FN2O2. The van der Waals surface area contributed by atoms with Gasteiger partial charge in [-0.05, 0) is 23.8 Å². The smallest absolute Gasteiger partial charge is 0.304 e. The van der Waals surface area contributed by atoms with Gasteiger partial charge in [0.15, 0.2) is 0 Å². The summed E-state index contributed by atoms with van der Waals surface area (Å²) in [7, 11) is 0. The molecule has 1 aromatic heterocycles. The lowest BCUT2D eigenvalue weighted by atomic mass is 10.1. The number of carbonyl (C=O) groups is 1. The monoisotopic (exact) mass is 288 g/mol. The van der Waals surface area contributed by atoms with Crippen molar-refractivity contribution in [2.24, 2.45) is 0 Å². The number of hydrogen-bond donors (Lipinski definition) is 1. The first-order valence-electron chi connectivity index (χ1n) is 6.71. The van der Waals surface area contributed by atoms with Crippen LogP contribution in [-0.2, 0) is 17.9 Å². The topological polar surface area (TPSA) is 53.4 Å². The van der Waals surface area contributed by atoms with Crippen LogP contribution in [0.3, 0.4) is 0 Å². The lowest BCUT2D eigenvalue weighted by Crippen LogP contribution is -2.26. The molecule has 4 nitrogen and oxygen atoms in total. The Hall–Kier alpha value is -2.27. The lowest BCUT2D eigenvalue weighted by molar-refractivity contribution is -0.137. The molecule has 0 unspecified atom stereocenters. The number of nitrogens with zero attached hydrogens (tertiary/aromatic N) is 2. The highest BCUT2D eigenvalue weighted by atomic mass is 19.1. The summed E-state index contributed by atoms with van der Waals surface area (Å²) in [6.07, 6.45) is 3.40. The van der Waals surface area contributed by atoms with Crippen LogP contribution in [0.4, 0.5) is 4.39 Å². The number of pyridine rings is 1. The van der Waals surface area contributed by atoms with Crippen molar-refractivity contribution >= 4 is 5.97 Å². The van der Waals surface area contributed by atoms with Gasteiger partial charge in [-0.25, -0.2) is 4.39 Å². The molecule has 0 atom stereocenters. The van der Waals surface area contributed by atoms with Crippen LogP contribution < -0.4 is 0 Å². The molecule has 2 aromatic rings. The van der Waals surface area contributed by atoms with Crippen molar-refractivity contribution in [3.05, 3.63) is 65.7 Å². The van der Waals surface area contributed by atoms with E-state index in [1.807, 2.05) is 17.0 Å². The van der Waals surface area contributed by atoms with Gasteiger partial charge in [-0.15, -0.1) is 0 Å². The summed E-state index contributed by atoms with van der Waals surface area (Å²) in [5, 5.41) is 8.84. The summed E-state index contributed by atoms with van der Waals surface area (Å²) in [5.41, 5.74) is 1.59. The minimum Gasteiger partial charge on any atom is -0.481 e. The fourth-order valence-corrected chi connectivity index (χ4v) is 2.08. The van der Waals surface area contributed by atoms with Crippen molar-refractivity contribution in [1.82, 2.24) is 9.88 Å². The molecule has 0 bridgehead atoms. The van der Waals surface area contributed by atoms with Crippen molar-refractivity contribution in [3.63, 3.8) is 0 Å². The quantitative estimate of drug-likeness (QED) is 0.851. The molecule has 0 saturated carbocycles. The van der Waals surface area contributed by atoms with Gasteiger partial charge in [0, 0.05) is 37.6 Å². The Morgan fingerprint density at radius 1 is 1.14 bits per heavy atom. The zero-order valence-electron chi connectivity index (χ0n) is 11.6. The Morgan fingerprint density at radius 2 is 1.86 bits per heavy atom. The molecule has 0 aliphatic rings. The lowest BCUT2D eigenvalue weighted by Gasteiger charge is -2.22. The Labute approximate surface area is 122 Å². The van der Waals surface area contributed by atoms with Gasteiger partial charge in [0.1, 0.15) is 5.82 Å². The second-order valence-electron chi connectivity index (χ2n) is 4.80. The molecular weight excluding hydrogens is 271 g/mol. The van der Waals surface area contributed by atoms with E-state index in [0.29, 0.717) is 25.2 Å². The van der Waals surface area contributed by atoms with E-state index in [1.54, 1.807) is 30.6 Å². The number of rotatable bonds is 7. The number of aromatic nitrogens is 1. The molecule has 0 spiro atoms. The summed E-state index contributed by atoms with van der Waals surface area (Å²) < 4.78 is 13.7. The molecule has 5 heteroatoms. The minimum absolute atomic E-state index is 0.0273. The molecule has 2 rings (SSSR count). The second kappa shape index (κ2) is 7.50. The van der Waals surface area contributed by atoms with E-state index in [4.69, 9.17) is 5.11 Å². The van der Waals surface area contributed by atoms with Gasteiger partial charge in [0.25, 0.3) is 0 Å². The first kappa shape index (κ1) is 15.1. The molecule has 1 N–H and O–H groups in total.